The van der Waals surface area contributed by atoms with Crippen LogP contribution in [-0.4, -0.2) is 41.9 Å². The van der Waals surface area contributed by atoms with Gasteiger partial charge in [0.25, 0.3) is 11.8 Å². The van der Waals surface area contributed by atoms with Crippen LogP contribution in [0.5, 0.6) is 11.5 Å². The van der Waals surface area contributed by atoms with Crippen LogP contribution >= 0.6 is 15.9 Å². The third-order valence-electron chi connectivity index (χ3n) is 6.95. The minimum absolute atomic E-state index is 0.117. The van der Waals surface area contributed by atoms with Crippen molar-refractivity contribution >= 4 is 45.8 Å². The molecule has 3 atom stereocenters. The van der Waals surface area contributed by atoms with Gasteiger partial charge in [0, 0.05) is 10.5 Å². The summed E-state index contributed by atoms with van der Waals surface area (Å²) in [5.74, 6) is -0.583. The Hall–Kier alpha value is -3.46. The second kappa shape index (κ2) is 9.30. The highest BCUT2D eigenvalue weighted by molar-refractivity contribution is 9.10. The lowest BCUT2D eigenvalue weighted by molar-refractivity contribution is -0.132. The second-order valence-electron chi connectivity index (χ2n) is 9.04. The number of methoxy groups -OCH3 is 1. The van der Waals surface area contributed by atoms with E-state index in [1.807, 2.05) is 0 Å². The molecule has 1 aliphatic heterocycles. The molecule has 2 saturated carbocycles. The van der Waals surface area contributed by atoms with Crippen molar-refractivity contribution in [2.45, 2.75) is 31.7 Å². The van der Waals surface area contributed by atoms with Gasteiger partial charge in [0.2, 0.25) is 0 Å². The summed E-state index contributed by atoms with van der Waals surface area (Å²) in [6.45, 7) is 0. The minimum atomic E-state index is -0.732. The highest BCUT2D eigenvalue weighted by Crippen LogP contribution is 2.47. The molecule has 3 fully saturated rings. The summed E-state index contributed by atoms with van der Waals surface area (Å²) in [6.07, 6.45) is 5.36. The van der Waals surface area contributed by atoms with Crippen molar-refractivity contribution in [3.8, 4) is 11.5 Å². The van der Waals surface area contributed by atoms with Gasteiger partial charge in [-0.1, -0.05) is 28.4 Å². The first-order chi connectivity index (χ1) is 16.8. The molecule has 4 amide bonds. The Labute approximate surface area is 210 Å². The van der Waals surface area contributed by atoms with Crippen molar-refractivity contribution < 1.29 is 28.7 Å². The van der Waals surface area contributed by atoms with Crippen LogP contribution in [-0.2, 0) is 9.59 Å². The van der Waals surface area contributed by atoms with E-state index in [9.17, 15) is 19.2 Å². The van der Waals surface area contributed by atoms with Crippen molar-refractivity contribution in [3.05, 3.63) is 63.6 Å². The Morgan fingerprint density at radius 1 is 1.06 bits per heavy atom. The van der Waals surface area contributed by atoms with Crippen LogP contribution in [0.15, 0.2) is 52.5 Å². The van der Waals surface area contributed by atoms with Crippen LogP contribution in [0.1, 0.15) is 41.6 Å². The molecule has 2 aliphatic carbocycles. The number of benzene rings is 2. The zero-order valence-corrected chi connectivity index (χ0v) is 20.5. The Bertz CT molecular complexity index is 1250. The number of halogens is 1. The maximum atomic E-state index is 13.2. The van der Waals surface area contributed by atoms with Gasteiger partial charge in [-0.15, -0.1) is 0 Å². The molecule has 1 N–H and O–H groups in total. The van der Waals surface area contributed by atoms with Crippen LogP contribution in [0.25, 0.3) is 6.08 Å². The molecular weight excluding hydrogens is 516 g/mol. The summed E-state index contributed by atoms with van der Waals surface area (Å²) in [5, 5.41) is 2.31. The van der Waals surface area contributed by atoms with Crippen LogP contribution in [0.3, 0.4) is 0 Å². The number of barbiturate groups is 1. The van der Waals surface area contributed by atoms with E-state index >= 15 is 0 Å². The summed E-state index contributed by atoms with van der Waals surface area (Å²) in [4.78, 5) is 52.0. The van der Waals surface area contributed by atoms with Gasteiger partial charge < -0.3 is 9.47 Å². The Kier molecular flexibility index (Phi) is 6.19. The van der Waals surface area contributed by atoms with E-state index in [1.165, 1.54) is 24.2 Å². The average molecular weight is 539 g/mol. The van der Waals surface area contributed by atoms with E-state index in [0.29, 0.717) is 23.0 Å². The number of esters is 1. The van der Waals surface area contributed by atoms with Crippen molar-refractivity contribution in [1.82, 2.24) is 10.2 Å². The van der Waals surface area contributed by atoms with Crippen LogP contribution in [0.2, 0.25) is 0 Å². The van der Waals surface area contributed by atoms with Gasteiger partial charge in [-0.3, -0.25) is 19.8 Å². The third-order valence-corrected chi connectivity index (χ3v) is 7.48. The van der Waals surface area contributed by atoms with Crippen LogP contribution in [0, 0.1) is 11.8 Å². The SMILES string of the molecule is COc1cc(/C=C2\C(=O)NC(=O)N([C@@H]3C[C@H]4CC[C@H]3C4)C2=O)ccc1OC(=O)c1ccc(Br)cc1. The lowest BCUT2D eigenvalue weighted by Crippen LogP contribution is -2.58. The number of carbonyl (C=O) groups excluding carboxylic acids is 4. The minimum Gasteiger partial charge on any atom is -0.493 e. The highest BCUT2D eigenvalue weighted by atomic mass is 79.9. The molecule has 180 valence electrons. The number of rotatable bonds is 5. The fourth-order valence-corrected chi connectivity index (χ4v) is 5.53. The molecule has 1 heterocycles. The highest BCUT2D eigenvalue weighted by Gasteiger charge is 2.49. The van der Waals surface area contributed by atoms with Crippen LogP contribution < -0.4 is 14.8 Å². The molecule has 0 radical (unpaired) electrons. The number of nitrogens with one attached hydrogen (secondary N) is 1. The average Bonchev–Trinajstić information content (AvgIpc) is 3.46. The van der Waals surface area contributed by atoms with E-state index in [2.05, 4.69) is 21.2 Å². The van der Waals surface area contributed by atoms with Gasteiger partial charge in [0.15, 0.2) is 11.5 Å². The maximum absolute atomic E-state index is 13.2. The predicted molar refractivity (Wildman–Crippen MR) is 130 cm³/mol. The standard InChI is InChI=1S/C26H23BrN2O6/c1-34-22-13-15(3-9-21(22)35-25(32)16-5-7-18(27)8-6-16)11-19-23(30)28-26(33)29(24(19)31)20-12-14-2-4-17(20)10-14/h3,5-9,11,13-14,17,20H,2,4,10,12H2,1H3,(H,28,30,33)/b19-11+/t14-,17-,20+/m0/s1. The number of imide groups is 2. The number of nitrogens with zero attached hydrogens (tertiary/aromatic N) is 1. The van der Waals surface area contributed by atoms with E-state index in [1.54, 1.807) is 36.4 Å². The molecule has 9 heteroatoms. The quantitative estimate of drug-likeness (QED) is 0.263. The third kappa shape index (κ3) is 4.48. The van der Waals surface area contributed by atoms with Crippen molar-refractivity contribution in [2.75, 3.05) is 7.11 Å². The Morgan fingerprint density at radius 2 is 1.83 bits per heavy atom. The van der Waals surface area contributed by atoms with Crippen molar-refractivity contribution in [3.63, 3.8) is 0 Å². The fraction of sp³-hybridized carbons (Fsp3) is 0.308. The zero-order valence-electron chi connectivity index (χ0n) is 19.0. The summed E-state index contributed by atoms with van der Waals surface area (Å²) >= 11 is 3.32. The van der Waals surface area contributed by atoms with E-state index < -0.39 is 23.8 Å². The van der Waals surface area contributed by atoms with Gasteiger partial charge in [-0.2, -0.15) is 0 Å². The molecule has 35 heavy (non-hydrogen) atoms. The number of hydrogen-bond acceptors (Lipinski definition) is 6. The molecule has 0 spiro atoms. The molecule has 2 aromatic carbocycles. The second-order valence-corrected chi connectivity index (χ2v) is 9.96. The molecule has 2 bridgehead atoms. The van der Waals surface area contributed by atoms with E-state index in [0.717, 1.165) is 30.2 Å². The van der Waals surface area contributed by atoms with E-state index in [4.69, 9.17) is 9.47 Å². The van der Waals surface area contributed by atoms with Crippen molar-refractivity contribution in [2.24, 2.45) is 11.8 Å². The predicted octanol–water partition coefficient (Wildman–Crippen LogP) is 4.33. The van der Waals surface area contributed by atoms with Gasteiger partial charge in [0.05, 0.1) is 12.7 Å². The fourth-order valence-electron chi connectivity index (χ4n) is 5.27. The topological polar surface area (TPSA) is 102 Å². The van der Waals surface area contributed by atoms with Crippen LogP contribution in [0.4, 0.5) is 4.79 Å². The summed E-state index contributed by atoms with van der Waals surface area (Å²) in [7, 11) is 1.43. The maximum Gasteiger partial charge on any atom is 0.343 e. The first kappa shape index (κ1) is 23.3. The van der Waals surface area contributed by atoms with E-state index in [-0.39, 0.29) is 23.1 Å². The molecule has 1 saturated heterocycles. The summed E-state index contributed by atoms with van der Waals surface area (Å²) < 4.78 is 11.7. The summed E-state index contributed by atoms with van der Waals surface area (Å²) in [6, 6.07) is 10.6. The number of amides is 4. The van der Waals surface area contributed by atoms with Gasteiger partial charge in [-0.05, 0) is 79.1 Å². The van der Waals surface area contributed by atoms with Crippen molar-refractivity contribution in [1.29, 1.82) is 0 Å². The Balaban J connectivity index is 1.38. The largest absolute Gasteiger partial charge is 0.493 e. The zero-order chi connectivity index (χ0) is 24.7. The first-order valence-electron chi connectivity index (χ1n) is 11.4. The van der Waals surface area contributed by atoms with Gasteiger partial charge in [0.1, 0.15) is 5.57 Å². The molecule has 3 aliphatic rings. The molecule has 0 aromatic heterocycles. The lowest BCUT2D eigenvalue weighted by atomic mass is 9.93. The first-order valence-corrected chi connectivity index (χ1v) is 12.2. The molecule has 0 unspecified atom stereocenters. The smallest absolute Gasteiger partial charge is 0.343 e. The Morgan fingerprint density at radius 3 is 2.49 bits per heavy atom. The number of fused-ring (bicyclic) bond motifs is 2. The number of ether oxygens (including phenoxy) is 2. The normalized spacial score (nSPS) is 24.6. The molecule has 2 aromatic rings. The molecular formula is C26H23BrN2O6. The van der Waals surface area contributed by atoms with Gasteiger partial charge in [-0.25, -0.2) is 9.59 Å². The molecule has 5 rings (SSSR count). The monoisotopic (exact) mass is 538 g/mol. The number of urea groups is 1. The van der Waals surface area contributed by atoms with Gasteiger partial charge >= 0.3 is 12.0 Å². The number of hydrogen-bond donors (Lipinski definition) is 1. The molecule has 8 nitrogen and oxygen atoms in total. The summed E-state index contributed by atoms with van der Waals surface area (Å²) in [5.41, 5.74) is 0.747. The number of carbonyl (C=O) groups is 4. The lowest BCUT2D eigenvalue weighted by Gasteiger charge is -2.35.